The topological polar surface area (TPSA) is 51.0 Å². The van der Waals surface area contributed by atoms with Crippen molar-refractivity contribution in [2.45, 2.75) is 38.6 Å². The first kappa shape index (κ1) is 12.9. The molecule has 1 heterocycles. The fourth-order valence-electron chi connectivity index (χ4n) is 1.42. The third-order valence-electron chi connectivity index (χ3n) is 2.17. The highest BCUT2D eigenvalue weighted by Gasteiger charge is 2.27. The molecule has 0 saturated carbocycles. The van der Waals surface area contributed by atoms with Crippen LogP contribution in [0.5, 0.6) is 0 Å². The summed E-state index contributed by atoms with van der Waals surface area (Å²) in [7, 11) is 0. The Morgan fingerprint density at radius 3 is 2.88 bits per heavy atom. The molecule has 0 bridgehead atoms. The summed E-state index contributed by atoms with van der Waals surface area (Å²) in [4.78, 5) is 5.26. The molecule has 3 atom stereocenters. The Morgan fingerprint density at radius 2 is 2.31 bits per heavy atom. The van der Waals surface area contributed by atoms with Crippen LogP contribution in [-0.4, -0.2) is 35.7 Å². The van der Waals surface area contributed by atoms with E-state index in [9.17, 15) is 5.11 Å². The molecular formula is C12H19NO3. The number of hydrogen-bond acceptors (Lipinski definition) is 4. The van der Waals surface area contributed by atoms with Crippen LogP contribution in [0.25, 0.3) is 0 Å². The summed E-state index contributed by atoms with van der Waals surface area (Å²) in [5.41, 5.74) is 0.832. The lowest BCUT2D eigenvalue weighted by molar-refractivity contribution is -0.0999. The summed E-state index contributed by atoms with van der Waals surface area (Å²) >= 11 is 0. The lowest BCUT2D eigenvalue weighted by Crippen LogP contribution is -2.38. The van der Waals surface area contributed by atoms with Crippen LogP contribution in [0.1, 0.15) is 20.3 Å². The van der Waals surface area contributed by atoms with E-state index in [1.165, 1.54) is 0 Å². The van der Waals surface area contributed by atoms with E-state index in [-0.39, 0.29) is 24.9 Å². The quantitative estimate of drug-likeness (QED) is 0.440. The number of oxime groups is 1. The Labute approximate surface area is 96.2 Å². The largest absolute Gasteiger partial charge is 0.394 e. The zero-order chi connectivity index (χ0) is 12.0. The zero-order valence-electron chi connectivity index (χ0n) is 9.80. The molecule has 0 fully saturated rings. The van der Waals surface area contributed by atoms with Crippen molar-refractivity contribution >= 4 is 5.71 Å². The van der Waals surface area contributed by atoms with Gasteiger partial charge in [-0.25, -0.2) is 0 Å². The van der Waals surface area contributed by atoms with E-state index in [2.05, 4.69) is 11.7 Å². The predicted octanol–water partition coefficient (Wildman–Crippen LogP) is 1.66. The van der Waals surface area contributed by atoms with E-state index < -0.39 is 0 Å². The Balaban J connectivity index is 2.60. The van der Waals surface area contributed by atoms with Gasteiger partial charge < -0.3 is 14.7 Å². The van der Waals surface area contributed by atoms with Gasteiger partial charge >= 0.3 is 0 Å². The number of ether oxygens (including phenoxy) is 1. The van der Waals surface area contributed by atoms with Crippen LogP contribution in [-0.2, 0) is 9.57 Å². The smallest absolute Gasteiger partial charge is 0.174 e. The maximum atomic E-state index is 9.20. The van der Waals surface area contributed by atoms with Gasteiger partial charge in [0.15, 0.2) is 6.10 Å². The second-order valence-corrected chi connectivity index (χ2v) is 3.91. The van der Waals surface area contributed by atoms with Crippen LogP contribution < -0.4 is 0 Å². The average Bonchev–Trinajstić information content (AvgIpc) is 2.27. The van der Waals surface area contributed by atoms with Gasteiger partial charge in [-0.05, 0) is 26.3 Å². The Bertz CT molecular complexity index is 282. The van der Waals surface area contributed by atoms with Gasteiger partial charge in [-0.1, -0.05) is 17.3 Å². The molecule has 0 unspecified atom stereocenters. The number of aliphatic hydroxyl groups is 1. The van der Waals surface area contributed by atoms with E-state index in [0.717, 1.165) is 12.1 Å². The SMILES string of the molecule is C=CC[C@@H]1C=C[C@H](ON=C(C)C)[C@@H](CO)O1. The fourth-order valence-corrected chi connectivity index (χ4v) is 1.42. The number of rotatable bonds is 5. The van der Waals surface area contributed by atoms with Gasteiger partial charge in [-0.2, -0.15) is 0 Å². The molecule has 1 N–H and O–H groups in total. The summed E-state index contributed by atoms with van der Waals surface area (Å²) in [5.74, 6) is 0. The third kappa shape index (κ3) is 3.79. The molecule has 1 rings (SSSR count). The van der Waals surface area contributed by atoms with Crippen LogP contribution in [0.15, 0.2) is 30.0 Å². The number of aliphatic hydroxyl groups excluding tert-OH is 1. The number of nitrogens with zero attached hydrogens (tertiary/aromatic N) is 1. The summed E-state index contributed by atoms with van der Waals surface area (Å²) < 4.78 is 5.62. The van der Waals surface area contributed by atoms with Crippen molar-refractivity contribution in [2.24, 2.45) is 5.16 Å². The van der Waals surface area contributed by atoms with Crippen LogP contribution in [0.3, 0.4) is 0 Å². The second-order valence-electron chi connectivity index (χ2n) is 3.91. The molecule has 0 aromatic carbocycles. The van der Waals surface area contributed by atoms with Crippen LogP contribution in [0.2, 0.25) is 0 Å². The molecule has 0 aromatic heterocycles. The maximum Gasteiger partial charge on any atom is 0.174 e. The van der Waals surface area contributed by atoms with Crippen molar-refractivity contribution in [2.75, 3.05) is 6.61 Å². The van der Waals surface area contributed by atoms with Crippen LogP contribution in [0.4, 0.5) is 0 Å². The van der Waals surface area contributed by atoms with Crippen molar-refractivity contribution in [1.29, 1.82) is 0 Å². The van der Waals surface area contributed by atoms with E-state index in [1.54, 1.807) is 6.08 Å². The molecule has 0 amide bonds. The maximum absolute atomic E-state index is 9.20. The molecule has 0 spiro atoms. The van der Waals surface area contributed by atoms with Gasteiger partial charge in [-0.15, -0.1) is 6.58 Å². The Morgan fingerprint density at radius 1 is 1.56 bits per heavy atom. The second kappa shape index (κ2) is 6.45. The highest BCUT2D eigenvalue weighted by molar-refractivity contribution is 5.78. The summed E-state index contributed by atoms with van der Waals surface area (Å²) in [6, 6.07) is 0. The molecule has 1 aliphatic rings. The molecule has 0 saturated heterocycles. The van der Waals surface area contributed by atoms with Gasteiger partial charge in [0, 0.05) is 0 Å². The Kier molecular flexibility index (Phi) is 5.22. The first-order valence-corrected chi connectivity index (χ1v) is 5.40. The lowest BCUT2D eigenvalue weighted by atomic mass is 10.1. The minimum atomic E-state index is -0.363. The van der Waals surface area contributed by atoms with Crippen molar-refractivity contribution < 1.29 is 14.7 Å². The first-order valence-electron chi connectivity index (χ1n) is 5.40. The van der Waals surface area contributed by atoms with E-state index in [1.807, 2.05) is 26.0 Å². The first-order chi connectivity index (χ1) is 7.67. The van der Waals surface area contributed by atoms with Crippen LogP contribution >= 0.6 is 0 Å². The molecule has 16 heavy (non-hydrogen) atoms. The summed E-state index contributed by atoms with van der Waals surface area (Å²) in [6.07, 6.45) is 5.61. The average molecular weight is 225 g/mol. The molecule has 0 aliphatic carbocycles. The molecule has 1 aliphatic heterocycles. The molecule has 0 aromatic rings. The molecule has 90 valence electrons. The van der Waals surface area contributed by atoms with Crippen molar-refractivity contribution in [3.63, 3.8) is 0 Å². The minimum absolute atomic E-state index is 0.0267. The van der Waals surface area contributed by atoms with Crippen molar-refractivity contribution in [3.8, 4) is 0 Å². The fraction of sp³-hybridized carbons (Fsp3) is 0.583. The highest BCUT2D eigenvalue weighted by atomic mass is 16.7. The Hall–Kier alpha value is -1.13. The minimum Gasteiger partial charge on any atom is -0.394 e. The van der Waals surface area contributed by atoms with Crippen molar-refractivity contribution in [1.82, 2.24) is 0 Å². The zero-order valence-corrected chi connectivity index (χ0v) is 9.80. The molecule has 4 heteroatoms. The van der Waals surface area contributed by atoms with Gasteiger partial charge in [0.2, 0.25) is 0 Å². The summed E-state index contributed by atoms with van der Waals surface area (Å²) in [5, 5.41) is 13.1. The third-order valence-corrected chi connectivity index (χ3v) is 2.17. The molecule has 0 radical (unpaired) electrons. The van der Waals surface area contributed by atoms with Crippen LogP contribution in [0, 0.1) is 0 Å². The number of hydrogen-bond donors (Lipinski definition) is 1. The van der Waals surface area contributed by atoms with Crippen molar-refractivity contribution in [3.05, 3.63) is 24.8 Å². The van der Waals surface area contributed by atoms with E-state index in [0.29, 0.717) is 0 Å². The lowest BCUT2D eigenvalue weighted by Gasteiger charge is -2.29. The highest BCUT2D eigenvalue weighted by Crippen LogP contribution is 2.18. The van der Waals surface area contributed by atoms with E-state index in [4.69, 9.17) is 9.57 Å². The monoisotopic (exact) mass is 225 g/mol. The molecule has 4 nitrogen and oxygen atoms in total. The predicted molar refractivity (Wildman–Crippen MR) is 63.4 cm³/mol. The van der Waals surface area contributed by atoms with Gasteiger partial charge in [0.05, 0.1) is 18.4 Å². The summed E-state index contributed by atoms with van der Waals surface area (Å²) in [6.45, 7) is 7.27. The standard InChI is InChI=1S/C12H19NO3/c1-4-5-10-6-7-11(12(8-14)15-10)16-13-9(2)3/h4,6-7,10-12,14H,1,5,8H2,2-3H3/t10-,11+,12-/m1/s1. The normalized spacial score (nSPS) is 28.6. The van der Waals surface area contributed by atoms with Gasteiger partial charge in [-0.3, -0.25) is 0 Å². The van der Waals surface area contributed by atoms with Gasteiger partial charge in [0.1, 0.15) is 6.10 Å². The van der Waals surface area contributed by atoms with E-state index >= 15 is 0 Å². The van der Waals surface area contributed by atoms with Gasteiger partial charge in [0.25, 0.3) is 0 Å². The molecular weight excluding hydrogens is 206 g/mol.